The first-order chi connectivity index (χ1) is 3.93. The molecule has 1 rings (SSSR count). The number of rotatable bonds is 1. The fraction of sp³-hybridized carbons (Fsp3) is 0.167. The number of nitrogens with zero attached hydrogens (tertiary/aromatic N) is 1. The third kappa shape index (κ3) is 2.55. The molecule has 0 aliphatic rings. The molecule has 0 radical (unpaired) electrons. The summed E-state index contributed by atoms with van der Waals surface area (Å²) in [6.45, 7) is 0. The number of ether oxygens (including phenoxy) is 1. The smallest absolute Gasteiger partial charge is 0.497 e. The number of pyridine rings is 1. The maximum Gasteiger partial charge on any atom is 1.00 e. The van der Waals surface area contributed by atoms with Crippen molar-refractivity contribution in [2.75, 3.05) is 7.11 Å². The Hall–Kier alpha value is -0.453. The SMILES string of the molecule is COc1cc[c-]cn1.[Li+]. The van der Waals surface area contributed by atoms with Crippen molar-refractivity contribution in [2.24, 2.45) is 0 Å². The van der Waals surface area contributed by atoms with Gasteiger partial charge in [-0.05, 0) is 0 Å². The zero-order chi connectivity index (χ0) is 5.82. The molecule has 0 fully saturated rings. The van der Waals surface area contributed by atoms with Crippen molar-refractivity contribution >= 4 is 0 Å². The van der Waals surface area contributed by atoms with Gasteiger partial charge in [-0.15, -0.1) is 6.07 Å². The Morgan fingerprint density at radius 1 is 1.67 bits per heavy atom. The first-order valence-corrected chi connectivity index (χ1v) is 2.29. The summed E-state index contributed by atoms with van der Waals surface area (Å²) in [5.41, 5.74) is 0. The van der Waals surface area contributed by atoms with Crippen LogP contribution in [0.2, 0.25) is 0 Å². The second kappa shape index (κ2) is 4.43. The summed E-state index contributed by atoms with van der Waals surface area (Å²) in [6.07, 6.45) is 1.57. The largest absolute Gasteiger partial charge is 1.00 e. The molecular formula is C6H6LiNO. The van der Waals surface area contributed by atoms with Gasteiger partial charge in [-0.1, -0.05) is 6.20 Å². The summed E-state index contributed by atoms with van der Waals surface area (Å²) in [4.78, 5) is 3.82. The maximum atomic E-state index is 4.78. The third-order valence-corrected chi connectivity index (χ3v) is 0.798. The molecule has 0 atom stereocenters. The molecule has 42 valence electrons. The fourth-order valence-corrected chi connectivity index (χ4v) is 0.427. The Kier molecular flexibility index (Phi) is 4.21. The number of methoxy groups -OCH3 is 1. The van der Waals surface area contributed by atoms with E-state index in [1.54, 1.807) is 25.4 Å². The van der Waals surface area contributed by atoms with Crippen molar-refractivity contribution < 1.29 is 23.6 Å². The molecule has 0 saturated carbocycles. The van der Waals surface area contributed by atoms with Crippen LogP contribution < -0.4 is 23.6 Å². The number of hydrogen-bond acceptors (Lipinski definition) is 2. The minimum absolute atomic E-state index is 0. The molecule has 0 aromatic carbocycles. The molecule has 0 spiro atoms. The van der Waals surface area contributed by atoms with Gasteiger partial charge in [0, 0.05) is 0 Å². The van der Waals surface area contributed by atoms with Crippen LogP contribution in [0, 0.1) is 6.07 Å². The van der Waals surface area contributed by atoms with Crippen molar-refractivity contribution in [3.63, 3.8) is 0 Å². The molecule has 0 N–H and O–H groups in total. The molecule has 0 unspecified atom stereocenters. The topological polar surface area (TPSA) is 22.1 Å². The average Bonchev–Trinajstić information content (AvgIpc) is 1.90. The summed E-state index contributed by atoms with van der Waals surface area (Å²) in [7, 11) is 1.59. The van der Waals surface area contributed by atoms with E-state index in [2.05, 4.69) is 11.1 Å². The van der Waals surface area contributed by atoms with Gasteiger partial charge < -0.3 is 4.74 Å². The Morgan fingerprint density at radius 2 is 2.44 bits per heavy atom. The molecule has 1 aromatic rings. The zero-order valence-electron chi connectivity index (χ0n) is 5.59. The van der Waals surface area contributed by atoms with Crippen molar-refractivity contribution in [3.05, 3.63) is 24.4 Å². The minimum atomic E-state index is 0. The maximum absolute atomic E-state index is 4.78. The number of hydrogen-bond donors (Lipinski definition) is 0. The van der Waals surface area contributed by atoms with E-state index in [9.17, 15) is 0 Å². The van der Waals surface area contributed by atoms with Crippen LogP contribution in [0.5, 0.6) is 5.88 Å². The predicted octanol–water partition coefficient (Wildman–Crippen LogP) is -2.11. The first-order valence-electron chi connectivity index (χ1n) is 2.29. The van der Waals surface area contributed by atoms with Gasteiger partial charge in [0.25, 0.3) is 0 Å². The van der Waals surface area contributed by atoms with Crippen molar-refractivity contribution in [1.29, 1.82) is 0 Å². The van der Waals surface area contributed by atoms with Gasteiger partial charge in [0.05, 0.1) is 7.11 Å². The van der Waals surface area contributed by atoms with Crippen LogP contribution in [-0.4, -0.2) is 12.1 Å². The van der Waals surface area contributed by atoms with Crippen molar-refractivity contribution in [1.82, 2.24) is 4.98 Å². The summed E-state index contributed by atoms with van der Waals surface area (Å²) in [6, 6.07) is 6.28. The summed E-state index contributed by atoms with van der Waals surface area (Å²) >= 11 is 0. The van der Waals surface area contributed by atoms with E-state index >= 15 is 0 Å². The second-order valence-electron chi connectivity index (χ2n) is 1.30. The fourth-order valence-electron chi connectivity index (χ4n) is 0.427. The first kappa shape index (κ1) is 8.55. The molecule has 0 bridgehead atoms. The number of aromatic nitrogens is 1. The monoisotopic (exact) mass is 115 g/mol. The van der Waals surface area contributed by atoms with E-state index in [1.807, 2.05) is 0 Å². The molecule has 1 heterocycles. The Labute approximate surface area is 66.4 Å². The molecule has 9 heavy (non-hydrogen) atoms. The second-order valence-corrected chi connectivity index (χ2v) is 1.30. The van der Waals surface area contributed by atoms with Gasteiger partial charge in [0.15, 0.2) is 0 Å². The summed E-state index contributed by atoms with van der Waals surface area (Å²) < 4.78 is 4.78. The van der Waals surface area contributed by atoms with E-state index in [-0.39, 0.29) is 18.9 Å². The predicted molar refractivity (Wildman–Crippen MR) is 29.6 cm³/mol. The van der Waals surface area contributed by atoms with Gasteiger partial charge in [-0.3, -0.25) is 4.98 Å². The van der Waals surface area contributed by atoms with Gasteiger partial charge in [0.1, 0.15) is 5.88 Å². The van der Waals surface area contributed by atoms with Crippen LogP contribution in [0.1, 0.15) is 0 Å². The molecule has 0 aliphatic heterocycles. The van der Waals surface area contributed by atoms with E-state index in [4.69, 9.17) is 4.74 Å². The van der Waals surface area contributed by atoms with Crippen LogP contribution in [0.15, 0.2) is 18.3 Å². The van der Waals surface area contributed by atoms with Crippen LogP contribution in [-0.2, 0) is 0 Å². The summed E-state index contributed by atoms with van der Waals surface area (Å²) in [5, 5.41) is 0. The average molecular weight is 115 g/mol. The van der Waals surface area contributed by atoms with Crippen molar-refractivity contribution in [3.8, 4) is 5.88 Å². The van der Waals surface area contributed by atoms with Gasteiger partial charge in [-0.25, -0.2) is 12.1 Å². The van der Waals surface area contributed by atoms with Crippen LogP contribution >= 0.6 is 0 Å². The van der Waals surface area contributed by atoms with Crippen LogP contribution in [0.4, 0.5) is 0 Å². The minimum Gasteiger partial charge on any atom is -0.497 e. The Morgan fingerprint density at radius 3 is 2.78 bits per heavy atom. The van der Waals surface area contributed by atoms with E-state index in [0.29, 0.717) is 5.88 Å². The van der Waals surface area contributed by atoms with E-state index in [1.165, 1.54) is 0 Å². The molecule has 0 aliphatic carbocycles. The third-order valence-electron chi connectivity index (χ3n) is 0.798. The van der Waals surface area contributed by atoms with Crippen LogP contribution in [0.3, 0.4) is 0 Å². The van der Waals surface area contributed by atoms with Gasteiger partial charge in [0.2, 0.25) is 0 Å². The zero-order valence-corrected chi connectivity index (χ0v) is 5.59. The molecule has 2 nitrogen and oxygen atoms in total. The molecule has 0 amide bonds. The van der Waals surface area contributed by atoms with Crippen molar-refractivity contribution in [2.45, 2.75) is 0 Å². The van der Waals surface area contributed by atoms with Gasteiger partial charge in [-0.2, -0.15) is 0 Å². The van der Waals surface area contributed by atoms with E-state index in [0.717, 1.165) is 0 Å². The Bertz CT molecular complexity index is 154. The normalized spacial score (nSPS) is 7.67. The quantitative estimate of drug-likeness (QED) is 0.309. The standard InChI is InChI=1S/C6H6NO.Li/c1-8-6-4-2-3-5-7-6;/h2,4-5H,1H3;/q-1;+1. The van der Waals surface area contributed by atoms with E-state index < -0.39 is 0 Å². The van der Waals surface area contributed by atoms with Gasteiger partial charge >= 0.3 is 18.9 Å². The Balaban J connectivity index is 0.000000640. The summed E-state index contributed by atoms with van der Waals surface area (Å²) in [5.74, 6) is 0.628. The molecule has 1 aromatic heterocycles. The van der Waals surface area contributed by atoms with Crippen LogP contribution in [0.25, 0.3) is 0 Å². The molecular weight excluding hydrogens is 109 g/mol. The molecule has 0 saturated heterocycles. The molecule has 3 heteroatoms.